The number of nitrogens with one attached hydrogen (secondary N) is 2. The number of rotatable bonds is 5. The van der Waals surface area contributed by atoms with E-state index in [1.54, 1.807) is 11.8 Å². The monoisotopic (exact) mass is 446 g/mol. The van der Waals surface area contributed by atoms with Gasteiger partial charge in [0.1, 0.15) is 5.84 Å². The third-order valence-corrected chi connectivity index (χ3v) is 6.68. The van der Waals surface area contributed by atoms with Gasteiger partial charge in [0, 0.05) is 39.7 Å². The molecule has 2 aliphatic heterocycles. The minimum absolute atomic E-state index is 0.0776. The van der Waals surface area contributed by atoms with Crippen molar-refractivity contribution < 1.29 is 4.79 Å². The first kappa shape index (κ1) is 22.4. The highest BCUT2D eigenvalue weighted by Gasteiger charge is 2.20. The first-order chi connectivity index (χ1) is 15.7. The number of piperidine rings is 1. The maximum absolute atomic E-state index is 12.9. The Morgan fingerprint density at radius 3 is 2.72 bits per heavy atom. The molecule has 0 radical (unpaired) electrons. The lowest BCUT2D eigenvalue weighted by atomic mass is 10.1. The van der Waals surface area contributed by atoms with Crippen molar-refractivity contribution in [1.82, 2.24) is 15.8 Å². The Balaban J connectivity index is 1.66. The van der Waals surface area contributed by atoms with Gasteiger partial charge < -0.3 is 5.32 Å². The van der Waals surface area contributed by atoms with E-state index in [-0.39, 0.29) is 5.91 Å². The number of hydrogen-bond donors (Lipinski definition) is 2. The number of allylic oxidation sites excluding steroid dienone is 3. The van der Waals surface area contributed by atoms with Gasteiger partial charge in [-0.15, -0.1) is 0 Å². The molecule has 0 atom stereocenters. The Labute approximate surface area is 194 Å². The topological polar surface area (TPSA) is 56.7 Å². The zero-order chi connectivity index (χ0) is 22.3. The maximum Gasteiger partial charge on any atom is 0.265 e. The number of hydrogen-bond acceptors (Lipinski definition) is 5. The van der Waals surface area contributed by atoms with Crippen LogP contribution in [0.5, 0.6) is 0 Å². The third-order valence-electron chi connectivity index (χ3n) is 5.54. The Morgan fingerprint density at radius 2 is 1.94 bits per heavy atom. The Morgan fingerprint density at radius 1 is 1.12 bits per heavy atom. The summed E-state index contributed by atoms with van der Waals surface area (Å²) < 4.78 is 0. The average molecular weight is 447 g/mol. The van der Waals surface area contributed by atoms with Crippen molar-refractivity contribution in [3.8, 4) is 0 Å². The summed E-state index contributed by atoms with van der Waals surface area (Å²) in [6.45, 7) is 5.94. The number of benzene rings is 2. The van der Waals surface area contributed by atoms with Crippen LogP contribution in [-0.4, -0.2) is 29.8 Å². The van der Waals surface area contributed by atoms with E-state index in [0.717, 1.165) is 64.9 Å². The minimum Gasteiger partial charge on any atom is -0.340 e. The molecule has 0 aromatic heterocycles. The average Bonchev–Trinajstić information content (AvgIpc) is 2.98. The van der Waals surface area contributed by atoms with E-state index in [2.05, 4.69) is 42.0 Å². The summed E-state index contributed by atoms with van der Waals surface area (Å²) in [6.07, 6.45) is 10.7. The summed E-state index contributed by atoms with van der Waals surface area (Å²) in [7, 11) is 0. The van der Waals surface area contributed by atoms with Crippen LogP contribution >= 0.6 is 11.8 Å². The molecule has 1 saturated heterocycles. The van der Waals surface area contributed by atoms with E-state index in [9.17, 15) is 4.79 Å². The Bertz CT molecular complexity index is 1070. The molecule has 4 rings (SSSR count). The number of nitrogens with zero attached hydrogens (tertiary/aromatic N) is 2. The first-order valence-electron chi connectivity index (χ1n) is 11.3. The van der Waals surface area contributed by atoms with Crippen molar-refractivity contribution in [2.24, 2.45) is 4.99 Å². The normalized spacial score (nSPS) is 16.7. The molecule has 0 spiro atoms. The van der Waals surface area contributed by atoms with Crippen molar-refractivity contribution in [3.63, 3.8) is 0 Å². The quantitative estimate of drug-likeness (QED) is 0.568. The molecule has 0 saturated carbocycles. The molecule has 6 heteroatoms. The number of hydrazine groups is 1. The van der Waals surface area contributed by atoms with Crippen molar-refractivity contribution in [1.29, 1.82) is 0 Å². The number of aliphatic imine (C=N–C) groups is 1. The molecule has 0 bridgehead atoms. The van der Waals surface area contributed by atoms with Gasteiger partial charge in [-0.25, -0.2) is 10.0 Å². The van der Waals surface area contributed by atoms with Crippen LogP contribution in [0, 0.1) is 0 Å². The molecule has 2 heterocycles. The number of amides is 1. The molecule has 1 amide bonds. The van der Waals surface area contributed by atoms with Gasteiger partial charge in [0.2, 0.25) is 0 Å². The van der Waals surface area contributed by atoms with Crippen molar-refractivity contribution in [2.45, 2.75) is 49.3 Å². The lowest BCUT2D eigenvalue weighted by molar-refractivity contribution is 0.0750. The summed E-state index contributed by atoms with van der Waals surface area (Å²) in [5.74, 6) is 0.709. The molecule has 2 N–H and O–H groups in total. The van der Waals surface area contributed by atoms with Crippen molar-refractivity contribution >= 4 is 29.2 Å². The van der Waals surface area contributed by atoms with Crippen LogP contribution in [0.1, 0.15) is 55.5 Å². The zero-order valence-electron chi connectivity index (χ0n) is 18.7. The highest BCUT2D eigenvalue weighted by atomic mass is 32.2. The molecule has 2 aromatic rings. The summed E-state index contributed by atoms with van der Waals surface area (Å²) in [5.41, 5.74) is 6.53. The van der Waals surface area contributed by atoms with Crippen LogP contribution in [0.3, 0.4) is 0 Å². The van der Waals surface area contributed by atoms with Gasteiger partial charge in [-0.3, -0.25) is 10.2 Å². The second-order valence-corrected chi connectivity index (χ2v) is 8.99. The zero-order valence-corrected chi connectivity index (χ0v) is 19.5. The SMILES string of the molecule is C/C=C(\C=C/CC)NC1=Nc2cc(C(=O)NN3CCCCC3)ccc2Sc2ccccc21. The van der Waals surface area contributed by atoms with E-state index in [0.29, 0.717) is 5.56 Å². The fraction of sp³-hybridized carbons (Fsp3) is 0.308. The number of carbonyl (C=O) groups excluding carboxylic acids is 1. The number of fused-ring (bicyclic) bond motifs is 2. The lowest BCUT2D eigenvalue weighted by Crippen LogP contribution is -2.45. The summed E-state index contributed by atoms with van der Waals surface area (Å²) >= 11 is 1.68. The van der Waals surface area contributed by atoms with Crippen LogP contribution < -0.4 is 10.7 Å². The maximum atomic E-state index is 12.9. The van der Waals surface area contributed by atoms with Crippen LogP contribution in [-0.2, 0) is 0 Å². The van der Waals surface area contributed by atoms with E-state index in [1.807, 2.05) is 48.3 Å². The van der Waals surface area contributed by atoms with Crippen LogP contribution in [0.15, 0.2) is 81.2 Å². The molecule has 2 aliphatic rings. The van der Waals surface area contributed by atoms with E-state index >= 15 is 0 Å². The largest absolute Gasteiger partial charge is 0.340 e. The van der Waals surface area contributed by atoms with Crippen LogP contribution in [0.4, 0.5) is 5.69 Å². The van der Waals surface area contributed by atoms with Gasteiger partial charge in [-0.2, -0.15) is 0 Å². The molecular weight excluding hydrogens is 416 g/mol. The molecular formula is C26H30N4OS. The summed E-state index contributed by atoms with van der Waals surface area (Å²) in [5, 5.41) is 5.52. The van der Waals surface area contributed by atoms with Gasteiger partial charge >= 0.3 is 0 Å². The van der Waals surface area contributed by atoms with E-state index in [4.69, 9.17) is 4.99 Å². The second-order valence-electron chi connectivity index (χ2n) is 7.91. The molecule has 2 aromatic carbocycles. The van der Waals surface area contributed by atoms with E-state index < -0.39 is 0 Å². The second kappa shape index (κ2) is 10.7. The highest BCUT2D eigenvalue weighted by Crippen LogP contribution is 2.40. The third kappa shape index (κ3) is 5.31. The van der Waals surface area contributed by atoms with Crippen LogP contribution in [0.25, 0.3) is 0 Å². The summed E-state index contributed by atoms with van der Waals surface area (Å²) in [6, 6.07) is 14.1. The van der Waals surface area contributed by atoms with Crippen LogP contribution in [0.2, 0.25) is 0 Å². The lowest BCUT2D eigenvalue weighted by Gasteiger charge is -2.26. The minimum atomic E-state index is -0.0776. The Hall–Kier alpha value is -2.83. The predicted molar refractivity (Wildman–Crippen MR) is 132 cm³/mol. The molecule has 166 valence electrons. The van der Waals surface area contributed by atoms with Gasteiger partial charge in [0.25, 0.3) is 5.91 Å². The van der Waals surface area contributed by atoms with Crippen molar-refractivity contribution in [3.05, 3.63) is 77.5 Å². The predicted octanol–water partition coefficient (Wildman–Crippen LogP) is 5.82. The molecule has 0 aliphatic carbocycles. The van der Waals surface area contributed by atoms with Gasteiger partial charge in [0.05, 0.1) is 5.69 Å². The Kier molecular flexibility index (Phi) is 7.45. The van der Waals surface area contributed by atoms with E-state index in [1.165, 1.54) is 6.42 Å². The van der Waals surface area contributed by atoms with Gasteiger partial charge in [0.15, 0.2) is 0 Å². The van der Waals surface area contributed by atoms with Gasteiger partial charge in [-0.1, -0.05) is 55.5 Å². The fourth-order valence-corrected chi connectivity index (χ4v) is 4.79. The molecule has 32 heavy (non-hydrogen) atoms. The smallest absolute Gasteiger partial charge is 0.265 e. The first-order valence-corrected chi connectivity index (χ1v) is 12.2. The molecule has 0 unspecified atom stereocenters. The fourth-order valence-electron chi connectivity index (χ4n) is 3.78. The van der Waals surface area contributed by atoms with Gasteiger partial charge in [-0.05, 0) is 56.5 Å². The number of carbonyl (C=O) groups is 1. The standard InChI is InChI=1S/C26H30N4OS/c1-3-5-11-20(4-2)27-25-21-12-7-8-13-23(21)32-24-15-14-19(18-22(24)28-25)26(31)29-30-16-9-6-10-17-30/h4-5,7-8,11-15,18H,3,6,9-10,16-17H2,1-2H3,(H,27,28)(H,29,31)/b11-5-,20-4+. The summed E-state index contributed by atoms with van der Waals surface area (Å²) in [4.78, 5) is 20.0. The number of amidine groups is 1. The molecule has 1 fully saturated rings. The molecule has 5 nitrogen and oxygen atoms in total. The highest BCUT2D eigenvalue weighted by molar-refractivity contribution is 7.99. The van der Waals surface area contributed by atoms with Crippen molar-refractivity contribution in [2.75, 3.05) is 13.1 Å².